The molecule has 20 heavy (non-hydrogen) atoms. The number of nitro benzene ring substituents is 1. The van der Waals surface area contributed by atoms with Crippen molar-refractivity contribution in [1.82, 2.24) is 4.90 Å². The first-order valence-electron chi connectivity index (χ1n) is 6.46. The van der Waals surface area contributed by atoms with Crippen molar-refractivity contribution in [2.45, 2.75) is 6.10 Å². The van der Waals surface area contributed by atoms with Crippen LogP contribution in [0.25, 0.3) is 0 Å². The number of likely N-dealkylation sites (N-methyl/N-ethyl adjacent to an activating group) is 1. The van der Waals surface area contributed by atoms with Crippen molar-refractivity contribution < 1.29 is 14.4 Å². The molecule has 1 fully saturated rings. The number of nitrogens with one attached hydrogen (secondary N) is 1. The molecule has 1 aromatic rings. The van der Waals surface area contributed by atoms with E-state index >= 15 is 0 Å². The number of rotatable bonds is 5. The Balaban J connectivity index is 2.03. The molecule has 0 amide bonds. The number of ether oxygens (including phenoxy) is 2. The third-order valence-electron chi connectivity index (χ3n) is 3.26. The summed E-state index contributed by atoms with van der Waals surface area (Å²) in [5, 5.41) is 14.2. The highest BCUT2D eigenvalue weighted by molar-refractivity contribution is 5.63. The van der Waals surface area contributed by atoms with Gasteiger partial charge in [-0.25, -0.2) is 0 Å². The Labute approximate surface area is 117 Å². The molecule has 0 aliphatic carbocycles. The van der Waals surface area contributed by atoms with Gasteiger partial charge in [-0.05, 0) is 19.2 Å². The first-order chi connectivity index (χ1) is 9.60. The van der Waals surface area contributed by atoms with Gasteiger partial charge in [0.25, 0.3) is 5.69 Å². The van der Waals surface area contributed by atoms with E-state index in [0.717, 1.165) is 13.1 Å². The molecule has 1 heterocycles. The van der Waals surface area contributed by atoms with E-state index in [2.05, 4.69) is 10.2 Å². The summed E-state index contributed by atoms with van der Waals surface area (Å²) in [4.78, 5) is 12.8. The number of hydrogen-bond donors (Lipinski definition) is 1. The smallest absolute Gasteiger partial charge is 0.296 e. The number of nitro groups is 1. The van der Waals surface area contributed by atoms with Gasteiger partial charge in [0.2, 0.25) is 0 Å². The van der Waals surface area contributed by atoms with Crippen LogP contribution in [0.5, 0.6) is 5.75 Å². The van der Waals surface area contributed by atoms with Crippen molar-refractivity contribution in [3.63, 3.8) is 0 Å². The van der Waals surface area contributed by atoms with Crippen molar-refractivity contribution in [3.05, 3.63) is 28.3 Å². The maximum atomic E-state index is 11.1. The SMILES string of the molecule is COc1ccc(NCC2CN(C)CCO2)c([N+](=O)[O-])c1. The fourth-order valence-electron chi connectivity index (χ4n) is 2.15. The Morgan fingerprint density at radius 1 is 1.60 bits per heavy atom. The van der Waals surface area contributed by atoms with Crippen LogP contribution in [0.15, 0.2) is 18.2 Å². The van der Waals surface area contributed by atoms with E-state index in [9.17, 15) is 10.1 Å². The Morgan fingerprint density at radius 2 is 2.40 bits per heavy atom. The van der Waals surface area contributed by atoms with Crippen LogP contribution in [0.4, 0.5) is 11.4 Å². The van der Waals surface area contributed by atoms with E-state index in [0.29, 0.717) is 24.6 Å². The summed E-state index contributed by atoms with van der Waals surface area (Å²) >= 11 is 0. The highest BCUT2D eigenvalue weighted by Gasteiger charge is 2.20. The highest BCUT2D eigenvalue weighted by atomic mass is 16.6. The number of methoxy groups -OCH3 is 1. The van der Waals surface area contributed by atoms with Crippen molar-refractivity contribution in [2.75, 3.05) is 45.7 Å². The number of nitrogens with zero attached hydrogens (tertiary/aromatic N) is 2. The lowest BCUT2D eigenvalue weighted by atomic mass is 10.2. The molecule has 1 aliphatic heterocycles. The molecular formula is C13H19N3O4. The molecule has 2 rings (SSSR count). The van der Waals surface area contributed by atoms with Crippen LogP contribution in [0.2, 0.25) is 0 Å². The quantitative estimate of drug-likeness (QED) is 0.648. The van der Waals surface area contributed by atoms with E-state index in [1.165, 1.54) is 13.2 Å². The van der Waals surface area contributed by atoms with E-state index in [1.54, 1.807) is 12.1 Å². The summed E-state index contributed by atoms with van der Waals surface area (Å²) in [7, 11) is 3.52. The summed E-state index contributed by atoms with van der Waals surface area (Å²) in [5.74, 6) is 0.468. The lowest BCUT2D eigenvalue weighted by Gasteiger charge is -2.30. The van der Waals surface area contributed by atoms with Crippen LogP contribution in [0, 0.1) is 10.1 Å². The van der Waals surface area contributed by atoms with Gasteiger partial charge in [0.05, 0.1) is 30.8 Å². The molecule has 7 nitrogen and oxygen atoms in total. The maximum absolute atomic E-state index is 11.1. The van der Waals surface area contributed by atoms with Gasteiger partial charge in [0, 0.05) is 19.6 Å². The van der Waals surface area contributed by atoms with Crippen LogP contribution < -0.4 is 10.1 Å². The second-order valence-corrected chi connectivity index (χ2v) is 4.78. The molecule has 0 bridgehead atoms. The fraction of sp³-hybridized carbons (Fsp3) is 0.538. The molecule has 1 saturated heterocycles. The summed E-state index contributed by atoms with van der Waals surface area (Å²) in [6.45, 7) is 2.96. The van der Waals surface area contributed by atoms with Crippen molar-refractivity contribution in [2.24, 2.45) is 0 Å². The third kappa shape index (κ3) is 3.58. The van der Waals surface area contributed by atoms with Gasteiger partial charge in [-0.15, -0.1) is 0 Å². The molecule has 0 saturated carbocycles. The number of morpholine rings is 1. The van der Waals surface area contributed by atoms with Gasteiger partial charge >= 0.3 is 0 Å². The first-order valence-corrected chi connectivity index (χ1v) is 6.46. The number of benzene rings is 1. The van der Waals surface area contributed by atoms with Crippen molar-refractivity contribution in [1.29, 1.82) is 0 Å². The van der Waals surface area contributed by atoms with Crippen LogP contribution in [-0.4, -0.2) is 56.3 Å². The van der Waals surface area contributed by atoms with E-state index in [-0.39, 0.29) is 11.8 Å². The molecular weight excluding hydrogens is 262 g/mol. The lowest BCUT2D eigenvalue weighted by molar-refractivity contribution is -0.384. The molecule has 110 valence electrons. The standard InChI is InChI=1S/C13H19N3O4/c1-15-5-6-20-11(9-15)8-14-12-4-3-10(19-2)7-13(12)16(17)18/h3-4,7,11,14H,5-6,8-9H2,1-2H3. The van der Waals surface area contributed by atoms with Gasteiger partial charge in [0.15, 0.2) is 0 Å². The average Bonchev–Trinajstić information content (AvgIpc) is 2.45. The predicted octanol–water partition coefficient (Wildman–Crippen LogP) is 1.35. The first kappa shape index (κ1) is 14.5. The third-order valence-corrected chi connectivity index (χ3v) is 3.26. The molecule has 1 atom stereocenters. The average molecular weight is 281 g/mol. The normalized spacial score (nSPS) is 19.6. The minimum absolute atomic E-state index is 0.00788. The molecule has 1 aromatic carbocycles. The molecule has 1 unspecified atom stereocenters. The van der Waals surface area contributed by atoms with E-state index < -0.39 is 4.92 Å². The Kier molecular flexibility index (Phi) is 4.75. The van der Waals surface area contributed by atoms with Crippen LogP contribution in [-0.2, 0) is 4.74 Å². The number of anilines is 1. The maximum Gasteiger partial charge on any atom is 0.296 e. The van der Waals surface area contributed by atoms with Crippen LogP contribution >= 0.6 is 0 Å². The monoisotopic (exact) mass is 281 g/mol. The predicted molar refractivity (Wildman–Crippen MR) is 75.4 cm³/mol. The molecule has 0 radical (unpaired) electrons. The Bertz CT molecular complexity index is 481. The van der Waals surface area contributed by atoms with Gasteiger partial charge in [-0.1, -0.05) is 0 Å². The molecule has 7 heteroatoms. The summed E-state index contributed by atoms with van der Waals surface area (Å²) in [6.07, 6.45) is 0.0375. The second-order valence-electron chi connectivity index (χ2n) is 4.78. The lowest BCUT2D eigenvalue weighted by Crippen LogP contribution is -2.43. The van der Waals surface area contributed by atoms with Gasteiger partial charge in [-0.3, -0.25) is 10.1 Å². The van der Waals surface area contributed by atoms with Gasteiger partial charge in [0.1, 0.15) is 11.4 Å². The van der Waals surface area contributed by atoms with Crippen molar-refractivity contribution >= 4 is 11.4 Å². The van der Waals surface area contributed by atoms with Gasteiger partial charge < -0.3 is 19.7 Å². The molecule has 1 aliphatic rings. The summed E-state index contributed by atoms with van der Waals surface area (Å²) in [5.41, 5.74) is 0.487. The molecule has 0 aromatic heterocycles. The minimum Gasteiger partial charge on any atom is -0.496 e. The van der Waals surface area contributed by atoms with Crippen LogP contribution in [0.3, 0.4) is 0 Å². The Morgan fingerprint density at radius 3 is 3.05 bits per heavy atom. The van der Waals surface area contributed by atoms with E-state index in [4.69, 9.17) is 9.47 Å². The Hall–Kier alpha value is -1.86. The van der Waals surface area contributed by atoms with Gasteiger partial charge in [-0.2, -0.15) is 0 Å². The minimum atomic E-state index is -0.418. The molecule has 1 N–H and O–H groups in total. The highest BCUT2D eigenvalue weighted by Crippen LogP contribution is 2.28. The largest absolute Gasteiger partial charge is 0.496 e. The fourth-order valence-corrected chi connectivity index (χ4v) is 2.15. The number of hydrogen-bond acceptors (Lipinski definition) is 6. The van der Waals surface area contributed by atoms with Crippen molar-refractivity contribution in [3.8, 4) is 5.75 Å². The van der Waals surface area contributed by atoms with E-state index in [1.807, 2.05) is 7.05 Å². The summed E-state index contributed by atoms with van der Waals surface area (Å²) in [6, 6.07) is 4.77. The molecule has 0 spiro atoms. The zero-order chi connectivity index (χ0) is 14.5. The zero-order valence-corrected chi connectivity index (χ0v) is 11.7. The zero-order valence-electron chi connectivity index (χ0n) is 11.7. The van der Waals surface area contributed by atoms with Crippen LogP contribution in [0.1, 0.15) is 0 Å². The summed E-state index contributed by atoms with van der Waals surface area (Å²) < 4.78 is 10.6. The topological polar surface area (TPSA) is 76.9 Å². The second kappa shape index (κ2) is 6.53.